The molecule has 0 fully saturated rings. The summed E-state index contributed by atoms with van der Waals surface area (Å²) >= 11 is 0. The van der Waals surface area contributed by atoms with Crippen molar-refractivity contribution in [3.05, 3.63) is 24.3 Å². The van der Waals surface area contributed by atoms with Crippen LogP contribution >= 0.6 is 0 Å². The van der Waals surface area contributed by atoms with E-state index in [-0.39, 0.29) is 6.79 Å². The number of ether oxygens (including phenoxy) is 3. The molecule has 0 saturated carbocycles. The lowest BCUT2D eigenvalue weighted by Gasteiger charge is -2.06. The van der Waals surface area contributed by atoms with Crippen LogP contribution in [0.25, 0.3) is 0 Å². The number of hydrogen-bond acceptors (Lipinski definition) is 5. The number of carbonyl (C=O) groups excluding carboxylic acids is 1. The molecule has 0 amide bonds. The second-order valence-corrected chi connectivity index (χ2v) is 2.86. The Balaban J connectivity index is 2.29. The van der Waals surface area contributed by atoms with Gasteiger partial charge in [0.2, 0.25) is 6.08 Å². The van der Waals surface area contributed by atoms with E-state index in [0.29, 0.717) is 24.7 Å². The molecular formula is C11H13NO4. The number of isocyanates is 1. The molecule has 5 nitrogen and oxygen atoms in total. The molecule has 1 rings (SSSR count). The van der Waals surface area contributed by atoms with Gasteiger partial charge in [-0.2, -0.15) is 4.99 Å². The lowest BCUT2D eigenvalue weighted by molar-refractivity contribution is -0.00846. The van der Waals surface area contributed by atoms with Crippen LogP contribution in [-0.2, 0) is 14.3 Å². The van der Waals surface area contributed by atoms with Crippen LogP contribution in [-0.4, -0.2) is 33.2 Å². The average molecular weight is 223 g/mol. The monoisotopic (exact) mass is 223 g/mol. The molecule has 0 aromatic heterocycles. The van der Waals surface area contributed by atoms with Crippen molar-refractivity contribution in [3.63, 3.8) is 0 Å². The number of hydrogen-bond donors (Lipinski definition) is 0. The molecule has 1 aromatic carbocycles. The summed E-state index contributed by atoms with van der Waals surface area (Å²) in [7, 11) is 1.61. The smallest absolute Gasteiger partial charge is 0.240 e. The summed E-state index contributed by atoms with van der Waals surface area (Å²) < 4.78 is 15.2. The molecule has 0 unspecified atom stereocenters. The van der Waals surface area contributed by atoms with Crippen LogP contribution in [0.5, 0.6) is 5.75 Å². The largest absolute Gasteiger partial charge is 0.468 e. The van der Waals surface area contributed by atoms with E-state index >= 15 is 0 Å². The third-order valence-electron chi connectivity index (χ3n) is 1.75. The van der Waals surface area contributed by atoms with Crippen molar-refractivity contribution in [2.75, 3.05) is 27.1 Å². The van der Waals surface area contributed by atoms with Gasteiger partial charge in [0.15, 0.2) is 6.79 Å². The highest BCUT2D eigenvalue weighted by atomic mass is 16.7. The van der Waals surface area contributed by atoms with E-state index in [1.54, 1.807) is 31.4 Å². The van der Waals surface area contributed by atoms with Gasteiger partial charge in [-0.05, 0) is 24.3 Å². The van der Waals surface area contributed by atoms with E-state index < -0.39 is 0 Å². The van der Waals surface area contributed by atoms with E-state index in [0.717, 1.165) is 0 Å². The predicted molar refractivity (Wildman–Crippen MR) is 57.5 cm³/mol. The molecule has 0 aliphatic carbocycles. The summed E-state index contributed by atoms with van der Waals surface area (Å²) in [6, 6.07) is 6.73. The SMILES string of the molecule is COCCOCOc1ccc(N=C=O)cc1. The first-order valence-electron chi connectivity index (χ1n) is 4.74. The molecule has 86 valence electrons. The summed E-state index contributed by atoms with van der Waals surface area (Å²) in [5, 5.41) is 0. The van der Waals surface area contributed by atoms with Crippen LogP contribution in [0.15, 0.2) is 29.3 Å². The molecule has 0 atom stereocenters. The highest BCUT2D eigenvalue weighted by molar-refractivity contribution is 5.49. The quantitative estimate of drug-likeness (QED) is 0.305. The normalized spacial score (nSPS) is 9.56. The maximum absolute atomic E-state index is 9.98. The van der Waals surface area contributed by atoms with Gasteiger partial charge in [-0.3, -0.25) is 0 Å². The molecule has 0 saturated heterocycles. The fraction of sp³-hybridized carbons (Fsp3) is 0.364. The van der Waals surface area contributed by atoms with E-state index in [1.807, 2.05) is 0 Å². The van der Waals surface area contributed by atoms with Crippen LogP contribution in [0, 0.1) is 0 Å². The van der Waals surface area contributed by atoms with Gasteiger partial charge in [-0.15, -0.1) is 0 Å². The van der Waals surface area contributed by atoms with E-state index in [9.17, 15) is 4.79 Å². The Labute approximate surface area is 93.7 Å². The first-order chi connectivity index (χ1) is 7.86. The lowest BCUT2D eigenvalue weighted by atomic mass is 10.3. The van der Waals surface area contributed by atoms with E-state index in [2.05, 4.69) is 4.99 Å². The third kappa shape index (κ3) is 4.70. The van der Waals surface area contributed by atoms with Crippen LogP contribution in [0.3, 0.4) is 0 Å². The maximum Gasteiger partial charge on any atom is 0.240 e. The molecule has 0 heterocycles. The average Bonchev–Trinajstić information content (AvgIpc) is 2.31. The van der Waals surface area contributed by atoms with Gasteiger partial charge in [0, 0.05) is 7.11 Å². The molecule has 0 N–H and O–H groups in total. The lowest BCUT2D eigenvalue weighted by Crippen LogP contribution is -2.07. The molecule has 5 heteroatoms. The minimum Gasteiger partial charge on any atom is -0.468 e. The summed E-state index contributed by atoms with van der Waals surface area (Å²) in [4.78, 5) is 13.4. The topological polar surface area (TPSA) is 57.1 Å². The fourth-order valence-corrected chi connectivity index (χ4v) is 0.980. The molecule has 1 aromatic rings. The van der Waals surface area contributed by atoms with Gasteiger partial charge in [0.25, 0.3) is 0 Å². The summed E-state index contributed by atoms with van der Waals surface area (Å²) in [6.07, 6.45) is 1.47. The molecule has 16 heavy (non-hydrogen) atoms. The zero-order valence-corrected chi connectivity index (χ0v) is 9.01. The zero-order valence-electron chi connectivity index (χ0n) is 9.01. The number of methoxy groups -OCH3 is 1. The van der Waals surface area contributed by atoms with Crippen LogP contribution in [0.1, 0.15) is 0 Å². The van der Waals surface area contributed by atoms with Crippen molar-refractivity contribution >= 4 is 11.8 Å². The first kappa shape index (κ1) is 12.4. The van der Waals surface area contributed by atoms with Crippen molar-refractivity contribution < 1.29 is 19.0 Å². The standard InChI is InChI=1S/C11H13NO4/c1-14-6-7-15-9-16-11-4-2-10(3-5-11)12-8-13/h2-5H,6-7,9H2,1H3. The summed E-state index contributed by atoms with van der Waals surface area (Å²) in [6.45, 7) is 1.19. The molecule has 0 radical (unpaired) electrons. The van der Waals surface area contributed by atoms with Crippen LogP contribution < -0.4 is 4.74 Å². The molecule has 0 aliphatic rings. The molecule has 0 aliphatic heterocycles. The Bertz CT molecular complexity index is 344. The van der Waals surface area contributed by atoms with Crippen molar-refractivity contribution in [1.29, 1.82) is 0 Å². The summed E-state index contributed by atoms with van der Waals surface area (Å²) in [5.41, 5.74) is 0.544. The van der Waals surface area contributed by atoms with Crippen LogP contribution in [0.2, 0.25) is 0 Å². The number of rotatable bonds is 7. The van der Waals surface area contributed by atoms with Gasteiger partial charge in [0.05, 0.1) is 18.9 Å². The Morgan fingerprint density at radius 2 is 2.00 bits per heavy atom. The first-order valence-corrected chi connectivity index (χ1v) is 4.74. The van der Waals surface area contributed by atoms with Crippen molar-refractivity contribution in [3.8, 4) is 5.75 Å². The van der Waals surface area contributed by atoms with E-state index in [4.69, 9.17) is 14.2 Å². The molecule has 0 bridgehead atoms. The fourth-order valence-electron chi connectivity index (χ4n) is 0.980. The minimum atomic E-state index is 0.166. The Kier molecular flexibility index (Phi) is 5.88. The Morgan fingerprint density at radius 1 is 1.25 bits per heavy atom. The predicted octanol–water partition coefficient (Wildman–Crippen LogP) is 1.65. The number of nitrogens with zero attached hydrogens (tertiary/aromatic N) is 1. The van der Waals surface area contributed by atoms with E-state index in [1.165, 1.54) is 6.08 Å². The van der Waals surface area contributed by atoms with Gasteiger partial charge in [-0.1, -0.05) is 0 Å². The molecule has 0 spiro atoms. The highest BCUT2D eigenvalue weighted by Gasteiger charge is 1.94. The number of aliphatic imine (C=N–C) groups is 1. The number of benzene rings is 1. The van der Waals surface area contributed by atoms with Gasteiger partial charge in [-0.25, -0.2) is 4.79 Å². The van der Waals surface area contributed by atoms with Gasteiger partial charge < -0.3 is 14.2 Å². The van der Waals surface area contributed by atoms with Gasteiger partial charge in [0.1, 0.15) is 5.75 Å². The van der Waals surface area contributed by atoms with Crippen molar-refractivity contribution in [2.45, 2.75) is 0 Å². The Morgan fingerprint density at radius 3 is 2.62 bits per heavy atom. The second kappa shape index (κ2) is 7.59. The maximum atomic E-state index is 9.98. The molecular weight excluding hydrogens is 210 g/mol. The highest BCUT2D eigenvalue weighted by Crippen LogP contribution is 2.17. The van der Waals surface area contributed by atoms with Gasteiger partial charge >= 0.3 is 0 Å². The van der Waals surface area contributed by atoms with Crippen LogP contribution in [0.4, 0.5) is 5.69 Å². The second-order valence-electron chi connectivity index (χ2n) is 2.86. The summed E-state index contributed by atoms with van der Waals surface area (Å²) in [5.74, 6) is 0.655. The third-order valence-corrected chi connectivity index (χ3v) is 1.75. The Hall–Kier alpha value is -1.68. The van der Waals surface area contributed by atoms with Crippen molar-refractivity contribution in [2.24, 2.45) is 4.99 Å². The minimum absolute atomic E-state index is 0.166. The van der Waals surface area contributed by atoms with Crippen molar-refractivity contribution in [1.82, 2.24) is 0 Å². The zero-order chi connectivity index (χ0) is 11.6.